The van der Waals surface area contributed by atoms with Crippen molar-refractivity contribution < 1.29 is 4.42 Å². The molecule has 204 valence electrons. The molecular weight excluding hydrogens is 538 g/mol. The molecule has 0 unspecified atom stereocenters. The highest BCUT2D eigenvalue weighted by atomic mass is 16.3. The second kappa shape index (κ2) is 8.76. The summed E-state index contributed by atoms with van der Waals surface area (Å²) in [7, 11) is 0. The molecule has 2 aromatic heterocycles. The average Bonchev–Trinajstić information content (AvgIpc) is 3.47. The van der Waals surface area contributed by atoms with Crippen molar-refractivity contribution in [2.45, 2.75) is 0 Å². The topological polar surface area (TPSA) is 42.2 Å². The summed E-state index contributed by atoms with van der Waals surface area (Å²) in [6.45, 7) is 0. The zero-order valence-electron chi connectivity index (χ0n) is 23.5. The normalized spacial score (nSPS) is 12.5. The Labute approximate surface area is 252 Å². The van der Waals surface area contributed by atoms with Gasteiger partial charge in [-0.25, -0.2) is 9.97 Å². The minimum Gasteiger partial charge on any atom is -0.456 e. The van der Waals surface area contributed by atoms with Gasteiger partial charge in [0.25, 0.3) is 0 Å². The van der Waals surface area contributed by atoms with Crippen LogP contribution in [0.2, 0.25) is 0 Å². The summed E-state index contributed by atoms with van der Waals surface area (Å²) in [6, 6.07) is 48.9. The van der Waals surface area contributed by atoms with Crippen molar-refractivity contribution in [2.24, 2.45) is 0 Å². The molecule has 0 atom stereocenters. The summed E-state index contributed by atoms with van der Waals surface area (Å²) in [6.07, 6.45) is 0. The Balaban J connectivity index is 1.33. The number of hydrogen-bond donors (Lipinski definition) is 0. The van der Waals surface area contributed by atoms with Crippen LogP contribution in [-0.2, 0) is 0 Å². The van der Waals surface area contributed by atoms with Gasteiger partial charge in [-0.15, -0.1) is 0 Å². The van der Waals surface area contributed by atoms with Gasteiger partial charge in [-0.05, 0) is 52.1 Å². The summed E-state index contributed by atoms with van der Waals surface area (Å²) < 4.78 is 6.28. The first-order valence-electron chi connectivity index (χ1n) is 14.8. The molecule has 44 heavy (non-hydrogen) atoms. The molecule has 0 aliphatic carbocycles. The van der Waals surface area contributed by atoms with E-state index in [9.17, 15) is 0 Å². The summed E-state index contributed by atoms with van der Waals surface area (Å²) in [5.41, 5.74) is 9.11. The number of furan rings is 1. The molecule has 3 heterocycles. The number of benzene rings is 7. The molecule has 0 amide bonds. The predicted octanol–water partition coefficient (Wildman–Crippen LogP) is 11.0. The van der Waals surface area contributed by atoms with E-state index in [2.05, 4.69) is 120 Å². The fraction of sp³-hybridized carbons (Fsp3) is 0. The van der Waals surface area contributed by atoms with Gasteiger partial charge in [-0.2, -0.15) is 0 Å². The summed E-state index contributed by atoms with van der Waals surface area (Å²) in [5.74, 6) is 0.641. The molecule has 4 nitrogen and oxygen atoms in total. The van der Waals surface area contributed by atoms with E-state index in [1.807, 2.05) is 24.3 Å². The number of fused-ring (bicyclic) bond motifs is 8. The molecule has 0 spiro atoms. The van der Waals surface area contributed by atoms with E-state index in [-0.39, 0.29) is 0 Å². The smallest absolute Gasteiger partial charge is 0.235 e. The first-order chi connectivity index (χ1) is 21.8. The summed E-state index contributed by atoms with van der Waals surface area (Å²) in [4.78, 5) is 12.9. The van der Waals surface area contributed by atoms with Crippen LogP contribution in [0.5, 0.6) is 0 Å². The number of anilines is 3. The predicted molar refractivity (Wildman–Crippen MR) is 181 cm³/mol. The largest absolute Gasteiger partial charge is 0.456 e. The maximum atomic E-state index is 6.28. The zero-order valence-corrected chi connectivity index (χ0v) is 23.5. The van der Waals surface area contributed by atoms with Gasteiger partial charge in [0.15, 0.2) is 0 Å². The Kier molecular flexibility index (Phi) is 4.69. The molecule has 0 N–H and O–H groups in total. The third-order valence-corrected chi connectivity index (χ3v) is 8.99. The molecule has 0 saturated heterocycles. The first kappa shape index (κ1) is 23.6. The Bertz CT molecular complexity index is 2630. The van der Waals surface area contributed by atoms with E-state index in [1.54, 1.807) is 0 Å². The van der Waals surface area contributed by atoms with E-state index >= 15 is 0 Å². The van der Waals surface area contributed by atoms with E-state index in [0.717, 1.165) is 55.5 Å². The van der Waals surface area contributed by atoms with Gasteiger partial charge in [0.1, 0.15) is 11.2 Å². The maximum Gasteiger partial charge on any atom is 0.235 e. The van der Waals surface area contributed by atoms with Crippen molar-refractivity contribution in [2.75, 3.05) is 4.90 Å². The van der Waals surface area contributed by atoms with Gasteiger partial charge in [0.05, 0.1) is 22.6 Å². The lowest BCUT2D eigenvalue weighted by atomic mass is 9.88. The molecule has 1 aliphatic heterocycles. The van der Waals surface area contributed by atoms with Crippen LogP contribution in [0.3, 0.4) is 0 Å². The van der Waals surface area contributed by atoms with Crippen LogP contribution < -0.4 is 4.90 Å². The fourth-order valence-corrected chi connectivity index (χ4v) is 7.13. The zero-order chi connectivity index (χ0) is 28.8. The SMILES string of the molecule is c1ccc2c3c(ccc2c1)N(c1nc(-c2cccc4oc5ccccc5c24)c2ccccc2n1)c1cccc2cccc-3c12. The molecule has 4 heteroatoms. The molecule has 0 radical (unpaired) electrons. The van der Waals surface area contributed by atoms with Gasteiger partial charge in [-0.3, -0.25) is 4.90 Å². The van der Waals surface area contributed by atoms with Crippen LogP contribution >= 0.6 is 0 Å². The maximum absolute atomic E-state index is 6.28. The Morgan fingerprint density at radius 3 is 2.09 bits per heavy atom. The molecular formula is C40H23N3O. The van der Waals surface area contributed by atoms with E-state index in [4.69, 9.17) is 14.4 Å². The highest BCUT2D eigenvalue weighted by Gasteiger charge is 2.30. The third kappa shape index (κ3) is 3.17. The summed E-state index contributed by atoms with van der Waals surface area (Å²) >= 11 is 0. The van der Waals surface area contributed by atoms with Crippen molar-refractivity contribution in [1.29, 1.82) is 0 Å². The van der Waals surface area contributed by atoms with Crippen LogP contribution in [0.15, 0.2) is 144 Å². The van der Waals surface area contributed by atoms with E-state index in [0.29, 0.717) is 5.95 Å². The van der Waals surface area contributed by atoms with Crippen molar-refractivity contribution in [3.8, 4) is 22.4 Å². The van der Waals surface area contributed by atoms with Crippen LogP contribution in [0, 0.1) is 0 Å². The minimum absolute atomic E-state index is 0.641. The quantitative estimate of drug-likeness (QED) is 0.211. The van der Waals surface area contributed by atoms with Gasteiger partial charge >= 0.3 is 0 Å². The van der Waals surface area contributed by atoms with E-state index < -0.39 is 0 Å². The molecule has 7 aromatic carbocycles. The second-order valence-corrected chi connectivity index (χ2v) is 11.4. The minimum atomic E-state index is 0.641. The number of aromatic nitrogens is 2. The van der Waals surface area contributed by atoms with Crippen LogP contribution in [0.25, 0.3) is 76.8 Å². The molecule has 0 fully saturated rings. The summed E-state index contributed by atoms with van der Waals surface area (Å²) in [5, 5.41) is 7.97. The second-order valence-electron chi connectivity index (χ2n) is 11.4. The van der Waals surface area contributed by atoms with Crippen molar-refractivity contribution >= 4 is 71.7 Å². The van der Waals surface area contributed by atoms with Crippen molar-refractivity contribution in [3.63, 3.8) is 0 Å². The molecule has 1 aliphatic rings. The number of hydrogen-bond acceptors (Lipinski definition) is 4. The van der Waals surface area contributed by atoms with Crippen LogP contribution in [0.4, 0.5) is 17.3 Å². The molecule has 9 aromatic rings. The highest BCUT2D eigenvalue weighted by Crippen LogP contribution is 2.52. The van der Waals surface area contributed by atoms with Gasteiger partial charge in [-0.1, -0.05) is 109 Å². The Morgan fingerprint density at radius 1 is 0.455 bits per heavy atom. The van der Waals surface area contributed by atoms with Gasteiger partial charge in [0.2, 0.25) is 5.95 Å². The lowest BCUT2D eigenvalue weighted by molar-refractivity contribution is 0.669. The van der Waals surface area contributed by atoms with Crippen molar-refractivity contribution in [1.82, 2.24) is 9.97 Å². The molecule has 0 saturated carbocycles. The average molecular weight is 562 g/mol. The number of nitrogens with zero attached hydrogens (tertiary/aromatic N) is 3. The standard InChI is InChI=1S/C40H23N3O/c1-2-13-26-24(10-1)22-23-33-37(26)29-16-7-11-25-12-8-19-32(36(25)29)43(33)40-41-31-18-5-3-14-27(31)39(42-40)30-17-9-21-35-38(30)28-15-4-6-20-34(28)44-35/h1-23H. The Morgan fingerprint density at radius 2 is 1.16 bits per heavy atom. The van der Waals surface area contributed by atoms with Gasteiger partial charge < -0.3 is 4.42 Å². The molecule has 10 rings (SSSR count). The monoisotopic (exact) mass is 561 g/mol. The number of rotatable bonds is 2. The fourth-order valence-electron chi connectivity index (χ4n) is 7.13. The first-order valence-corrected chi connectivity index (χ1v) is 14.8. The van der Waals surface area contributed by atoms with Crippen LogP contribution in [0.1, 0.15) is 0 Å². The van der Waals surface area contributed by atoms with Gasteiger partial charge in [0, 0.05) is 32.7 Å². The third-order valence-electron chi connectivity index (χ3n) is 8.99. The highest BCUT2D eigenvalue weighted by molar-refractivity contribution is 6.19. The molecule has 0 bridgehead atoms. The van der Waals surface area contributed by atoms with Crippen molar-refractivity contribution in [3.05, 3.63) is 140 Å². The van der Waals surface area contributed by atoms with E-state index in [1.165, 1.54) is 32.7 Å². The Hall–Kier alpha value is -6.00. The van der Waals surface area contributed by atoms with Crippen LogP contribution in [-0.4, -0.2) is 9.97 Å². The lowest BCUT2D eigenvalue weighted by Crippen LogP contribution is -2.18. The number of para-hydroxylation sites is 2. The lowest BCUT2D eigenvalue weighted by Gasteiger charge is -2.33.